The van der Waals surface area contributed by atoms with Crippen molar-refractivity contribution in [3.05, 3.63) is 20.8 Å². The summed E-state index contributed by atoms with van der Waals surface area (Å²) in [6.07, 6.45) is 0.287. The van der Waals surface area contributed by atoms with Crippen LogP contribution in [0.3, 0.4) is 0 Å². The minimum absolute atomic E-state index is 0.287. The average Bonchev–Trinajstić information content (AvgIpc) is 2.59. The van der Waals surface area contributed by atoms with Gasteiger partial charge in [-0.3, -0.25) is 0 Å². The van der Waals surface area contributed by atoms with E-state index >= 15 is 0 Å². The Morgan fingerprint density at radius 3 is 2.67 bits per heavy atom. The Morgan fingerprint density at radius 1 is 1.47 bits per heavy atom. The molecule has 1 aromatic heterocycles. The summed E-state index contributed by atoms with van der Waals surface area (Å²) in [5.74, 6) is 0. The lowest BCUT2D eigenvalue weighted by molar-refractivity contribution is 0.0621. The molecule has 0 saturated carbocycles. The summed E-state index contributed by atoms with van der Waals surface area (Å²) in [4.78, 5) is 1.32. The Labute approximate surface area is 104 Å². The molecule has 1 rings (SSSR count). The smallest absolute Gasteiger partial charge is 0.0702 e. The highest BCUT2D eigenvalue weighted by Crippen LogP contribution is 2.27. The molecule has 0 saturated heterocycles. The number of nitrogens with one attached hydrogen (secondary N) is 1. The van der Waals surface area contributed by atoms with Crippen molar-refractivity contribution in [3.63, 3.8) is 0 Å². The minimum Gasteiger partial charge on any atom is -0.377 e. The summed E-state index contributed by atoms with van der Waals surface area (Å²) in [6.45, 7) is 7.94. The lowest BCUT2D eigenvalue weighted by Gasteiger charge is -2.18. The van der Waals surface area contributed by atoms with Crippen molar-refractivity contribution in [1.82, 2.24) is 5.32 Å². The molecule has 0 radical (unpaired) electrons. The summed E-state index contributed by atoms with van der Waals surface area (Å²) in [6, 6.07) is 4.54. The number of thiophene rings is 1. The summed E-state index contributed by atoms with van der Waals surface area (Å²) < 4.78 is 6.82. The van der Waals surface area contributed by atoms with Gasteiger partial charge in [0.1, 0.15) is 0 Å². The van der Waals surface area contributed by atoms with E-state index in [1.807, 2.05) is 0 Å². The van der Waals surface area contributed by atoms with Gasteiger partial charge in [0.25, 0.3) is 0 Å². The fourth-order valence-corrected chi connectivity index (χ4v) is 2.78. The van der Waals surface area contributed by atoms with Crippen LogP contribution in [-0.2, 0) is 4.74 Å². The van der Waals surface area contributed by atoms with E-state index in [1.165, 1.54) is 8.66 Å². The maximum Gasteiger partial charge on any atom is 0.0702 e. The Kier molecular flexibility index (Phi) is 5.82. The van der Waals surface area contributed by atoms with E-state index in [2.05, 4.69) is 54.2 Å². The van der Waals surface area contributed by atoms with E-state index < -0.39 is 0 Å². The second-order valence-corrected chi connectivity index (χ2v) is 6.13. The van der Waals surface area contributed by atoms with Crippen molar-refractivity contribution in [2.75, 3.05) is 13.2 Å². The zero-order chi connectivity index (χ0) is 11.3. The van der Waals surface area contributed by atoms with Gasteiger partial charge in [0.15, 0.2) is 0 Å². The van der Waals surface area contributed by atoms with Gasteiger partial charge in [0, 0.05) is 4.88 Å². The van der Waals surface area contributed by atoms with Gasteiger partial charge in [-0.25, -0.2) is 0 Å². The molecule has 1 aromatic rings. The highest BCUT2D eigenvalue weighted by atomic mass is 79.9. The highest BCUT2D eigenvalue weighted by molar-refractivity contribution is 9.11. The number of halogens is 1. The van der Waals surface area contributed by atoms with E-state index in [9.17, 15) is 0 Å². The zero-order valence-electron chi connectivity index (χ0n) is 9.42. The Hall–Kier alpha value is 0.1000. The summed E-state index contributed by atoms with van der Waals surface area (Å²) in [7, 11) is 0. The van der Waals surface area contributed by atoms with E-state index in [0.29, 0.717) is 6.04 Å². The number of ether oxygens (including phenoxy) is 1. The number of likely N-dealkylation sites (N-methyl/N-ethyl adjacent to an activating group) is 1. The lowest BCUT2D eigenvalue weighted by atomic mass is 10.2. The highest BCUT2D eigenvalue weighted by Gasteiger charge is 2.13. The Bertz CT molecular complexity index is 288. The maximum atomic E-state index is 5.65. The van der Waals surface area contributed by atoms with Crippen molar-refractivity contribution in [3.8, 4) is 0 Å². The molecule has 0 aromatic carbocycles. The normalized spacial score (nSPS) is 13.4. The van der Waals surface area contributed by atoms with Crippen molar-refractivity contribution >= 4 is 27.3 Å². The topological polar surface area (TPSA) is 21.3 Å². The van der Waals surface area contributed by atoms with Crippen LogP contribution in [0, 0.1) is 0 Å². The molecule has 0 fully saturated rings. The van der Waals surface area contributed by atoms with Gasteiger partial charge in [0.2, 0.25) is 0 Å². The first-order valence-electron chi connectivity index (χ1n) is 5.23. The van der Waals surface area contributed by atoms with Crippen molar-refractivity contribution in [2.24, 2.45) is 0 Å². The van der Waals surface area contributed by atoms with E-state index in [0.717, 1.165) is 13.2 Å². The summed E-state index contributed by atoms with van der Waals surface area (Å²) >= 11 is 5.24. The maximum absolute atomic E-state index is 5.65. The van der Waals surface area contributed by atoms with Gasteiger partial charge in [-0.05, 0) is 48.5 Å². The van der Waals surface area contributed by atoms with Crippen LogP contribution in [0.5, 0.6) is 0 Å². The molecule has 0 aliphatic carbocycles. The van der Waals surface area contributed by atoms with Crippen LogP contribution in [-0.4, -0.2) is 19.3 Å². The van der Waals surface area contributed by atoms with Crippen LogP contribution in [0.4, 0.5) is 0 Å². The molecule has 0 aliphatic rings. The molecule has 1 heterocycles. The van der Waals surface area contributed by atoms with Crippen LogP contribution >= 0.6 is 27.3 Å². The molecule has 86 valence electrons. The molecular formula is C11H18BrNOS. The SMILES string of the molecule is CCNC(COC(C)C)c1ccc(Br)s1. The quantitative estimate of drug-likeness (QED) is 0.865. The molecule has 2 nitrogen and oxygen atoms in total. The van der Waals surface area contributed by atoms with Crippen molar-refractivity contribution in [2.45, 2.75) is 32.9 Å². The molecule has 1 N–H and O–H groups in total. The first kappa shape index (κ1) is 13.2. The predicted octanol–water partition coefficient (Wildman–Crippen LogP) is 3.59. The third kappa shape index (κ3) is 4.64. The largest absolute Gasteiger partial charge is 0.377 e. The molecule has 15 heavy (non-hydrogen) atoms. The number of hydrogen-bond acceptors (Lipinski definition) is 3. The molecule has 0 bridgehead atoms. The molecule has 1 unspecified atom stereocenters. The van der Waals surface area contributed by atoms with Crippen LogP contribution in [0.15, 0.2) is 15.9 Å². The number of hydrogen-bond donors (Lipinski definition) is 1. The molecule has 0 spiro atoms. The second-order valence-electron chi connectivity index (χ2n) is 3.63. The molecule has 1 atom stereocenters. The van der Waals surface area contributed by atoms with E-state index in [1.54, 1.807) is 11.3 Å². The first-order valence-corrected chi connectivity index (χ1v) is 6.84. The Balaban J connectivity index is 2.57. The third-order valence-corrected chi connectivity index (χ3v) is 3.72. The summed E-state index contributed by atoms with van der Waals surface area (Å²) in [5, 5.41) is 3.43. The fourth-order valence-electron chi connectivity index (χ4n) is 1.29. The minimum atomic E-state index is 0.287. The van der Waals surface area contributed by atoms with E-state index in [4.69, 9.17) is 4.74 Å². The predicted molar refractivity (Wildman–Crippen MR) is 69.5 cm³/mol. The summed E-state index contributed by atoms with van der Waals surface area (Å²) in [5.41, 5.74) is 0. The first-order chi connectivity index (χ1) is 7.13. The zero-order valence-corrected chi connectivity index (χ0v) is 11.8. The van der Waals surface area contributed by atoms with Crippen LogP contribution < -0.4 is 5.32 Å². The van der Waals surface area contributed by atoms with Gasteiger partial charge in [-0.15, -0.1) is 11.3 Å². The average molecular weight is 292 g/mol. The van der Waals surface area contributed by atoms with Gasteiger partial charge < -0.3 is 10.1 Å². The van der Waals surface area contributed by atoms with E-state index in [-0.39, 0.29) is 6.10 Å². The van der Waals surface area contributed by atoms with Gasteiger partial charge in [-0.2, -0.15) is 0 Å². The molecule has 4 heteroatoms. The third-order valence-electron chi connectivity index (χ3n) is 1.98. The van der Waals surface area contributed by atoms with Crippen molar-refractivity contribution < 1.29 is 4.74 Å². The monoisotopic (exact) mass is 291 g/mol. The van der Waals surface area contributed by atoms with Gasteiger partial charge in [-0.1, -0.05) is 6.92 Å². The molecule has 0 aliphatic heterocycles. The van der Waals surface area contributed by atoms with Crippen LogP contribution in [0.2, 0.25) is 0 Å². The van der Waals surface area contributed by atoms with Gasteiger partial charge in [0.05, 0.1) is 22.5 Å². The Morgan fingerprint density at radius 2 is 2.20 bits per heavy atom. The van der Waals surface area contributed by atoms with Gasteiger partial charge >= 0.3 is 0 Å². The van der Waals surface area contributed by atoms with Crippen LogP contribution in [0.25, 0.3) is 0 Å². The standard InChI is InChI=1S/C11H18BrNOS/c1-4-13-9(7-14-8(2)3)10-5-6-11(12)15-10/h5-6,8-9,13H,4,7H2,1-3H3. The second kappa shape index (κ2) is 6.63. The molecular weight excluding hydrogens is 274 g/mol. The lowest BCUT2D eigenvalue weighted by Crippen LogP contribution is -2.25. The molecule has 0 amide bonds. The van der Waals surface area contributed by atoms with Crippen LogP contribution in [0.1, 0.15) is 31.7 Å². The fraction of sp³-hybridized carbons (Fsp3) is 0.636. The number of rotatable bonds is 6. The van der Waals surface area contributed by atoms with Crippen molar-refractivity contribution in [1.29, 1.82) is 0 Å².